The van der Waals surface area contributed by atoms with Gasteiger partial charge in [-0.15, -0.1) is 0 Å². The molecule has 0 radical (unpaired) electrons. The molecule has 184 valence electrons. The van der Waals surface area contributed by atoms with Crippen molar-refractivity contribution in [2.24, 2.45) is 0 Å². The Hall–Kier alpha value is -1.67. The standard InChI is InChI=1S/C20H20Br2ClN3O7S/c1-9(27)30-8-14-17(31-10(2)28)16(26-7-12(21)5-25-26)18(32-11(3)29)20(33-14)34-15-4-13(23)6-24-19(15)22/h4-7,14,16-18,20H,8H2,1-3H3/t14?,16?,17-,18?,20+/m0/s1. The molecule has 14 heteroatoms. The van der Waals surface area contributed by atoms with Crippen LogP contribution in [0.15, 0.2) is 38.6 Å². The number of pyridine rings is 1. The minimum Gasteiger partial charge on any atom is -0.463 e. The molecule has 3 unspecified atom stereocenters. The molecule has 0 aliphatic carbocycles. The number of esters is 3. The van der Waals surface area contributed by atoms with E-state index in [0.717, 1.165) is 0 Å². The number of thioether (sulfide) groups is 1. The second-order valence-electron chi connectivity index (χ2n) is 7.18. The Balaban J connectivity index is 2.08. The number of nitrogens with zero attached hydrogens (tertiary/aromatic N) is 3. The molecule has 2 aromatic rings. The number of aromatic nitrogens is 3. The normalized spacial score (nSPS) is 24.4. The van der Waals surface area contributed by atoms with Crippen LogP contribution in [0, 0.1) is 0 Å². The van der Waals surface area contributed by atoms with Crippen molar-refractivity contribution in [3.63, 3.8) is 0 Å². The molecule has 34 heavy (non-hydrogen) atoms. The summed E-state index contributed by atoms with van der Waals surface area (Å²) >= 11 is 14.1. The molecule has 1 saturated heterocycles. The summed E-state index contributed by atoms with van der Waals surface area (Å²) in [6.07, 6.45) is 1.83. The number of carbonyl (C=O) groups excluding carboxylic acids is 3. The van der Waals surface area contributed by atoms with Crippen LogP contribution in [0.4, 0.5) is 0 Å². The van der Waals surface area contributed by atoms with Crippen LogP contribution in [0.3, 0.4) is 0 Å². The summed E-state index contributed by atoms with van der Waals surface area (Å²) in [5, 5.41) is 4.72. The van der Waals surface area contributed by atoms with Crippen LogP contribution in [0.2, 0.25) is 5.02 Å². The summed E-state index contributed by atoms with van der Waals surface area (Å²) < 4.78 is 25.3. The van der Waals surface area contributed by atoms with Crippen LogP contribution < -0.4 is 0 Å². The lowest BCUT2D eigenvalue weighted by molar-refractivity contribution is -0.212. The number of hydrogen-bond acceptors (Lipinski definition) is 10. The van der Waals surface area contributed by atoms with Crippen molar-refractivity contribution < 1.29 is 33.3 Å². The SMILES string of the molecule is CC(=O)OCC1O[C@H](Sc2cc(Cl)cnc2Br)C(OC(C)=O)C(n2cc(Br)cn2)[C@H]1OC(C)=O. The molecule has 1 aliphatic heterocycles. The van der Waals surface area contributed by atoms with Crippen molar-refractivity contribution in [2.75, 3.05) is 6.61 Å². The Labute approximate surface area is 221 Å². The highest BCUT2D eigenvalue weighted by atomic mass is 79.9. The fraction of sp³-hybridized carbons (Fsp3) is 0.450. The molecule has 0 spiro atoms. The van der Waals surface area contributed by atoms with Crippen LogP contribution in [0.5, 0.6) is 0 Å². The van der Waals surface area contributed by atoms with Crippen LogP contribution in [-0.2, 0) is 33.3 Å². The van der Waals surface area contributed by atoms with Gasteiger partial charge in [0.05, 0.1) is 15.7 Å². The van der Waals surface area contributed by atoms with Crippen molar-refractivity contribution in [2.45, 2.75) is 55.5 Å². The smallest absolute Gasteiger partial charge is 0.303 e. The van der Waals surface area contributed by atoms with E-state index < -0.39 is 47.7 Å². The minimum atomic E-state index is -0.995. The Kier molecular flexibility index (Phi) is 9.38. The molecule has 0 N–H and O–H groups in total. The molecule has 1 aliphatic rings. The molecule has 3 rings (SSSR count). The lowest BCUT2D eigenvalue weighted by atomic mass is 9.96. The topological polar surface area (TPSA) is 119 Å². The molecule has 0 bridgehead atoms. The Morgan fingerprint density at radius 2 is 1.79 bits per heavy atom. The van der Waals surface area contributed by atoms with Crippen molar-refractivity contribution in [3.05, 3.63) is 38.8 Å². The van der Waals surface area contributed by atoms with Crippen LogP contribution in [0.25, 0.3) is 0 Å². The zero-order valence-electron chi connectivity index (χ0n) is 18.1. The largest absolute Gasteiger partial charge is 0.463 e. The first-order valence-corrected chi connectivity index (χ1v) is 12.7. The molecule has 10 nitrogen and oxygen atoms in total. The zero-order chi connectivity index (χ0) is 25.0. The van der Waals surface area contributed by atoms with Crippen molar-refractivity contribution in [1.82, 2.24) is 14.8 Å². The van der Waals surface area contributed by atoms with Gasteiger partial charge in [-0.3, -0.25) is 19.1 Å². The molecular weight excluding hydrogens is 622 g/mol. The first-order chi connectivity index (χ1) is 16.0. The molecule has 0 aromatic carbocycles. The first-order valence-electron chi connectivity index (χ1n) is 9.85. The molecule has 1 fully saturated rings. The number of hydrogen-bond donors (Lipinski definition) is 0. The average molecular weight is 642 g/mol. The van der Waals surface area contributed by atoms with E-state index in [-0.39, 0.29) is 6.61 Å². The monoisotopic (exact) mass is 639 g/mol. The third-order valence-electron chi connectivity index (χ3n) is 4.56. The summed E-state index contributed by atoms with van der Waals surface area (Å²) in [7, 11) is 0. The quantitative estimate of drug-likeness (QED) is 0.250. The maximum Gasteiger partial charge on any atom is 0.303 e. The van der Waals surface area contributed by atoms with Gasteiger partial charge in [0.15, 0.2) is 12.2 Å². The van der Waals surface area contributed by atoms with Crippen molar-refractivity contribution in [3.8, 4) is 0 Å². The molecule has 3 heterocycles. The van der Waals surface area contributed by atoms with Gasteiger partial charge in [-0.1, -0.05) is 23.4 Å². The van der Waals surface area contributed by atoms with Gasteiger partial charge in [-0.25, -0.2) is 4.98 Å². The summed E-state index contributed by atoms with van der Waals surface area (Å²) in [4.78, 5) is 40.4. The van der Waals surface area contributed by atoms with Crippen molar-refractivity contribution in [1.29, 1.82) is 0 Å². The molecule has 0 amide bonds. The highest BCUT2D eigenvalue weighted by Crippen LogP contribution is 2.43. The Bertz CT molecular complexity index is 1070. The predicted octanol–water partition coefficient (Wildman–Crippen LogP) is 3.94. The van der Waals surface area contributed by atoms with Gasteiger partial charge in [-0.2, -0.15) is 5.10 Å². The first kappa shape index (κ1) is 26.9. The second-order valence-corrected chi connectivity index (χ2v) is 10.4. The highest BCUT2D eigenvalue weighted by Gasteiger charge is 2.52. The van der Waals surface area contributed by atoms with Gasteiger partial charge >= 0.3 is 17.9 Å². The van der Waals surface area contributed by atoms with Gasteiger partial charge in [-0.05, 0) is 37.9 Å². The van der Waals surface area contributed by atoms with E-state index in [1.807, 2.05) is 0 Å². The lowest BCUT2D eigenvalue weighted by Gasteiger charge is -2.44. The third-order valence-corrected chi connectivity index (χ3v) is 7.25. The second kappa shape index (κ2) is 11.8. The van der Waals surface area contributed by atoms with E-state index in [2.05, 4.69) is 41.9 Å². The average Bonchev–Trinajstić information content (AvgIpc) is 3.16. The summed E-state index contributed by atoms with van der Waals surface area (Å²) in [6, 6.07) is 0.868. The summed E-state index contributed by atoms with van der Waals surface area (Å²) in [6.45, 7) is 3.56. The van der Waals surface area contributed by atoms with E-state index >= 15 is 0 Å². The maximum atomic E-state index is 12.1. The van der Waals surface area contributed by atoms with E-state index in [9.17, 15) is 14.4 Å². The van der Waals surface area contributed by atoms with E-state index in [4.69, 9.17) is 30.5 Å². The van der Waals surface area contributed by atoms with Crippen molar-refractivity contribution >= 4 is 73.1 Å². The Morgan fingerprint density at radius 3 is 2.38 bits per heavy atom. The number of ether oxygens (including phenoxy) is 4. The third kappa shape index (κ3) is 6.94. The number of carbonyl (C=O) groups is 3. The van der Waals surface area contributed by atoms with Crippen LogP contribution in [0.1, 0.15) is 26.8 Å². The fourth-order valence-corrected chi connectivity index (χ4v) is 5.53. The molecular formula is C20H20Br2ClN3O7S. The van der Waals surface area contributed by atoms with Gasteiger partial charge in [0, 0.05) is 38.1 Å². The maximum absolute atomic E-state index is 12.1. The predicted molar refractivity (Wildman–Crippen MR) is 128 cm³/mol. The highest BCUT2D eigenvalue weighted by molar-refractivity contribution is 9.10. The molecule has 0 saturated carbocycles. The van der Waals surface area contributed by atoms with Gasteiger partial charge in [0.25, 0.3) is 0 Å². The van der Waals surface area contributed by atoms with E-state index in [0.29, 0.717) is 19.0 Å². The number of rotatable bonds is 7. The van der Waals surface area contributed by atoms with Gasteiger partial charge in [0.2, 0.25) is 0 Å². The number of halogens is 3. The van der Waals surface area contributed by atoms with Crippen LogP contribution in [-0.4, -0.2) is 63.0 Å². The van der Waals surface area contributed by atoms with Gasteiger partial charge in [0.1, 0.15) is 28.8 Å². The Morgan fingerprint density at radius 1 is 1.12 bits per heavy atom. The lowest BCUT2D eigenvalue weighted by Crippen LogP contribution is -2.57. The molecule has 2 aromatic heterocycles. The van der Waals surface area contributed by atoms with E-state index in [1.54, 1.807) is 18.5 Å². The fourth-order valence-electron chi connectivity index (χ4n) is 3.37. The zero-order valence-corrected chi connectivity index (χ0v) is 22.9. The summed E-state index contributed by atoms with van der Waals surface area (Å²) in [5.74, 6) is -1.69. The minimum absolute atomic E-state index is 0.203. The van der Waals surface area contributed by atoms with E-state index in [1.165, 1.54) is 43.4 Å². The molecule has 5 atom stereocenters. The van der Waals surface area contributed by atoms with Crippen LogP contribution >= 0.6 is 55.2 Å². The van der Waals surface area contributed by atoms with Gasteiger partial charge < -0.3 is 18.9 Å². The summed E-state index contributed by atoms with van der Waals surface area (Å²) in [5.41, 5.74) is -0.833.